The fourth-order valence-electron chi connectivity index (χ4n) is 0.568. The van der Waals surface area contributed by atoms with Crippen molar-refractivity contribution in [3.63, 3.8) is 0 Å². The predicted octanol–water partition coefficient (Wildman–Crippen LogP) is -0.941. The third-order valence-corrected chi connectivity index (χ3v) is 0.987. The molecular weight excluding hydrogens is 164 g/mol. The van der Waals surface area contributed by atoms with Crippen molar-refractivity contribution in [3.05, 3.63) is 0 Å². The van der Waals surface area contributed by atoms with Crippen molar-refractivity contribution in [2.75, 3.05) is 0 Å². The van der Waals surface area contributed by atoms with Gasteiger partial charge in [-0.1, -0.05) is 0 Å². The zero-order valence-corrected chi connectivity index (χ0v) is 5.67. The van der Waals surface area contributed by atoms with Gasteiger partial charge in [-0.25, -0.2) is 4.79 Å². The zero-order valence-electron chi connectivity index (χ0n) is 10.7. The largest absolute Gasteiger partial charge is 0.465 e. The van der Waals surface area contributed by atoms with Gasteiger partial charge >= 0.3 is 6.09 Å². The summed E-state index contributed by atoms with van der Waals surface area (Å²) in [7, 11) is 0. The molecule has 0 spiro atoms. The summed E-state index contributed by atoms with van der Waals surface area (Å²) in [6.45, 7) is 0. The molecule has 0 aliphatic carbocycles. The first-order valence-electron chi connectivity index (χ1n) is 5.34. The second-order valence-corrected chi connectivity index (χ2v) is 1.84. The average molecular weight is 177 g/mol. The molecule has 0 radical (unpaired) electrons. The van der Waals surface area contributed by atoms with Crippen LogP contribution < -0.4 is 10.6 Å². The number of nitrogens with one attached hydrogen (secondary N) is 2. The van der Waals surface area contributed by atoms with Crippen molar-refractivity contribution >= 4 is 17.9 Å². The maximum atomic E-state index is 11.3. The van der Waals surface area contributed by atoms with Crippen molar-refractivity contribution in [1.29, 1.82) is 0 Å². The number of imide groups is 1. The van der Waals surface area contributed by atoms with E-state index in [1.807, 2.05) is 0 Å². The van der Waals surface area contributed by atoms with Gasteiger partial charge in [0.15, 0.2) is 0 Å². The van der Waals surface area contributed by atoms with E-state index in [-0.39, 0.29) is 0 Å². The van der Waals surface area contributed by atoms with E-state index in [1.165, 1.54) is 10.6 Å². The van der Waals surface area contributed by atoms with E-state index in [1.54, 1.807) is 0 Å². The summed E-state index contributed by atoms with van der Waals surface area (Å²) < 4.78 is 36.5. The van der Waals surface area contributed by atoms with E-state index in [0.29, 0.717) is 0 Å². The molecular formula is C6H8N2O4. The maximum Gasteiger partial charge on any atom is 0.405 e. The predicted molar refractivity (Wildman–Crippen MR) is 37.3 cm³/mol. The van der Waals surface area contributed by atoms with E-state index in [9.17, 15) is 14.4 Å². The molecule has 66 valence electrons. The van der Waals surface area contributed by atoms with Gasteiger partial charge in [0.05, 0.1) is 1.37 Å². The number of rotatable bonds is 1. The molecule has 1 aliphatic heterocycles. The lowest BCUT2D eigenvalue weighted by Crippen LogP contribution is -2.51. The Morgan fingerprint density at radius 2 is 2.50 bits per heavy atom. The number of carboxylic acid groups (broad SMARTS) is 1. The second kappa shape index (κ2) is 3.21. The molecule has 6 nitrogen and oxygen atoms in total. The lowest BCUT2D eigenvalue weighted by Gasteiger charge is -2.19. The van der Waals surface area contributed by atoms with Crippen molar-refractivity contribution < 1.29 is 26.3 Å². The van der Waals surface area contributed by atoms with Gasteiger partial charge in [-0.15, -0.1) is 0 Å². The SMILES string of the molecule is [2H]C1([2H])C(=O)NC(=O)C([2H])(NC(=O)O)C1([2H])[2H]. The molecule has 0 bridgehead atoms. The molecule has 1 heterocycles. The van der Waals surface area contributed by atoms with Gasteiger partial charge in [-0.2, -0.15) is 0 Å². The van der Waals surface area contributed by atoms with Crippen molar-refractivity contribution in [1.82, 2.24) is 10.6 Å². The fourth-order valence-corrected chi connectivity index (χ4v) is 0.568. The highest BCUT2D eigenvalue weighted by Crippen LogP contribution is 2.03. The Balaban J connectivity index is 3.34. The summed E-state index contributed by atoms with van der Waals surface area (Å²) >= 11 is 0. The first-order chi connectivity index (χ1) is 7.47. The van der Waals surface area contributed by atoms with Crippen LogP contribution in [0.5, 0.6) is 0 Å². The lowest BCUT2D eigenvalue weighted by molar-refractivity contribution is -0.134. The number of carbonyl (C=O) groups excluding carboxylic acids is 2. The van der Waals surface area contributed by atoms with Crippen LogP contribution in [0.2, 0.25) is 0 Å². The van der Waals surface area contributed by atoms with Crippen molar-refractivity contribution in [2.45, 2.75) is 18.8 Å². The molecule has 0 aromatic rings. The summed E-state index contributed by atoms with van der Waals surface area (Å²) in [5.41, 5.74) is 0. The molecule has 1 atom stereocenters. The van der Waals surface area contributed by atoms with Gasteiger partial charge in [0, 0.05) is 11.9 Å². The van der Waals surface area contributed by atoms with E-state index in [0.717, 1.165) is 0 Å². The Labute approximate surface area is 75.0 Å². The summed E-state index contributed by atoms with van der Waals surface area (Å²) in [4.78, 5) is 32.8. The van der Waals surface area contributed by atoms with Crippen LogP contribution in [0, 0.1) is 0 Å². The van der Waals surface area contributed by atoms with Gasteiger partial charge in [0.25, 0.3) is 0 Å². The van der Waals surface area contributed by atoms with Crippen LogP contribution in [-0.2, 0) is 9.59 Å². The van der Waals surface area contributed by atoms with E-state index >= 15 is 0 Å². The molecule has 3 N–H and O–H groups in total. The number of hydrogen-bond donors (Lipinski definition) is 3. The van der Waals surface area contributed by atoms with Crippen LogP contribution in [0.4, 0.5) is 4.79 Å². The molecule has 0 aromatic carbocycles. The minimum Gasteiger partial charge on any atom is -0.465 e. The van der Waals surface area contributed by atoms with Crippen LogP contribution in [-0.4, -0.2) is 29.0 Å². The summed E-state index contributed by atoms with van der Waals surface area (Å²) in [5.74, 6) is -3.12. The first-order valence-corrected chi connectivity index (χ1v) is 2.84. The monoisotopic (exact) mass is 177 g/mol. The third kappa shape index (κ3) is 1.94. The summed E-state index contributed by atoms with van der Waals surface area (Å²) in [6, 6.07) is -3.14. The molecule has 0 aromatic heterocycles. The highest BCUT2D eigenvalue weighted by Gasteiger charge is 2.27. The van der Waals surface area contributed by atoms with Gasteiger partial charge in [0.1, 0.15) is 6.02 Å². The van der Waals surface area contributed by atoms with E-state index in [2.05, 4.69) is 0 Å². The average Bonchev–Trinajstić information content (AvgIpc) is 2.13. The zero-order chi connectivity index (χ0) is 13.6. The van der Waals surface area contributed by atoms with Crippen molar-refractivity contribution in [2.24, 2.45) is 0 Å². The van der Waals surface area contributed by atoms with Gasteiger partial charge in [-0.05, 0) is 6.37 Å². The molecule has 1 saturated heterocycles. The van der Waals surface area contributed by atoms with E-state index < -0.39 is 36.7 Å². The first kappa shape index (κ1) is 3.88. The molecule has 3 amide bonds. The number of piperidine rings is 1. The lowest BCUT2D eigenvalue weighted by atomic mass is 10.1. The Hall–Kier alpha value is -1.59. The van der Waals surface area contributed by atoms with Crippen LogP contribution in [0.1, 0.15) is 19.6 Å². The Kier molecular flexibility index (Phi) is 1.04. The molecule has 12 heavy (non-hydrogen) atoms. The van der Waals surface area contributed by atoms with E-state index in [4.69, 9.17) is 12.0 Å². The minimum atomic E-state index is -3.35. The number of carbonyl (C=O) groups is 3. The van der Waals surface area contributed by atoms with Gasteiger partial charge in [-0.3, -0.25) is 14.9 Å². The Morgan fingerprint density at radius 1 is 1.83 bits per heavy atom. The summed E-state index contributed by atoms with van der Waals surface area (Å²) in [6.07, 6.45) is -8.45. The Morgan fingerprint density at radius 3 is 3.08 bits per heavy atom. The van der Waals surface area contributed by atoms with Crippen molar-refractivity contribution in [3.8, 4) is 0 Å². The van der Waals surface area contributed by atoms with Gasteiger partial charge in [0.2, 0.25) is 11.8 Å². The maximum absolute atomic E-state index is 11.3. The topological polar surface area (TPSA) is 95.5 Å². The van der Waals surface area contributed by atoms with Crippen LogP contribution in [0.3, 0.4) is 0 Å². The standard InChI is InChI=1S/C6H8N2O4/c9-4-2-1-3(5(10)8-4)7-6(11)12/h3,7H,1-2H2,(H,11,12)(H,8,9,10)/i1D2,2D2,3D. The fraction of sp³-hybridized carbons (Fsp3) is 0.500. The highest BCUT2D eigenvalue weighted by atomic mass is 16.4. The molecule has 1 unspecified atom stereocenters. The quantitative estimate of drug-likeness (QED) is 0.450. The molecule has 0 saturated carbocycles. The normalized spacial score (nSPS) is 43.8. The second-order valence-electron chi connectivity index (χ2n) is 1.84. The van der Waals surface area contributed by atoms with Crippen LogP contribution in [0.15, 0.2) is 0 Å². The van der Waals surface area contributed by atoms with Crippen LogP contribution >= 0.6 is 0 Å². The Bertz CT molecular complexity index is 411. The smallest absolute Gasteiger partial charge is 0.405 e. The van der Waals surface area contributed by atoms with Crippen LogP contribution in [0.25, 0.3) is 0 Å². The molecule has 1 rings (SSSR count). The minimum absolute atomic E-state index is 1.28. The molecule has 6 heteroatoms. The third-order valence-electron chi connectivity index (χ3n) is 0.987. The number of hydrogen-bond acceptors (Lipinski definition) is 3. The number of amides is 3. The molecule has 1 aliphatic rings. The van der Waals surface area contributed by atoms with Gasteiger partial charge < -0.3 is 10.4 Å². The molecule has 1 fully saturated rings. The highest BCUT2D eigenvalue weighted by molar-refractivity contribution is 6.01. The summed E-state index contributed by atoms with van der Waals surface area (Å²) in [5, 5.41) is 11.1.